The van der Waals surface area contributed by atoms with Gasteiger partial charge >= 0.3 is 5.97 Å². The van der Waals surface area contributed by atoms with Crippen molar-refractivity contribution in [3.8, 4) is 5.75 Å². The van der Waals surface area contributed by atoms with E-state index in [-0.39, 0.29) is 36.9 Å². The number of ether oxygens (including phenoxy) is 1. The zero-order chi connectivity index (χ0) is 23.1. The van der Waals surface area contributed by atoms with Crippen LogP contribution in [-0.4, -0.2) is 42.1 Å². The Morgan fingerprint density at radius 2 is 1.44 bits per heavy atom. The average molecular weight is 479 g/mol. The molecule has 3 rings (SSSR count). The first-order valence-corrected chi connectivity index (χ1v) is 11.1. The Morgan fingerprint density at radius 3 is 2.00 bits per heavy atom. The number of hydrogen-bond acceptors (Lipinski definition) is 4. The van der Waals surface area contributed by atoms with Crippen LogP contribution in [0, 0.1) is 5.92 Å². The molecule has 2 aromatic carbocycles. The Kier molecular flexibility index (Phi) is 8.36. The van der Waals surface area contributed by atoms with Crippen LogP contribution in [0.2, 0.25) is 10.0 Å². The van der Waals surface area contributed by atoms with Gasteiger partial charge in [-0.25, -0.2) is 0 Å². The van der Waals surface area contributed by atoms with Gasteiger partial charge in [-0.2, -0.15) is 0 Å². The van der Waals surface area contributed by atoms with Crippen molar-refractivity contribution in [3.63, 3.8) is 0 Å². The Bertz CT molecular complexity index is 973. The van der Waals surface area contributed by atoms with Crippen LogP contribution in [0.25, 0.3) is 0 Å². The van der Waals surface area contributed by atoms with Crippen molar-refractivity contribution in [2.75, 3.05) is 13.1 Å². The van der Waals surface area contributed by atoms with E-state index in [2.05, 4.69) is 10.6 Å². The minimum Gasteiger partial charge on any atom is -0.489 e. The van der Waals surface area contributed by atoms with E-state index in [0.717, 1.165) is 0 Å². The number of carboxylic acids is 1. The zero-order valence-electron chi connectivity index (χ0n) is 17.3. The summed E-state index contributed by atoms with van der Waals surface area (Å²) in [7, 11) is 0. The van der Waals surface area contributed by atoms with Crippen LogP contribution >= 0.6 is 23.2 Å². The van der Waals surface area contributed by atoms with Crippen LogP contribution in [0.5, 0.6) is 5.75 Å². The van der Waals surface area contributed by atoms with Crippen LogP contribution in [0.1, 0.15) is 46.4 Å². The lowest BCUT2D eigenvalue weighted by Gasteiger charge is -2.27. The van der Waals surface area contributed by atoms with Crippen molar-refractivity contribution >= 4 is 41.0 Å². The highest BCUT2D eigenvalue weighted by molar-refractivity contribution is 6.32. The van der Waals surface area contributed by atoms with Crippen molar-refractivity contribution in [1.82, 2.24) is 10.6 Å². The van der Waals surface area contributed by atoms with E-state index in [1.807, 2.05) is 0 Å². The molecule has 0 spiro atoms. The molecule has 0 heterocycles. The van der Waals surface area contributed by atoms with Crippen molar-refractivity contribution in [1.29, 1.82) is 0 Å². The number of halogens is 2. The Hall–Kier alpha value is -2.77. The van der Waals surface area contributed by atoms with Crippen molar-refractivity contribution in [2.24, 2.45) is 5.92 Å². The summed E-state index contributed by atoms with van der Waals surface area (Å²) < 4.78 is 5.91. The minimum atomic E-state index is -0.763. The normalized spacial score (nSPS) is 17.9. The number of hydrogen-bond donors (Lipinski definition) is 3. The molecule has 0 bridgehead atoms. The van der Waals surface area contributed by atoms with Crippen LogP contribution < -0.4 is 15.4 Å². The highest BCUT2D eigenvalue weighted by Gasteiger charge is 2.27. The summed E-state index contributed by atoms with van der Waals surface area (Å²) in [6.45, 7) is 0.516. The Labute approximate surface area is 196 Å². The lowest BCUT2D eigenvalue weighted by Crippen LogP contribution is -2.34. The molecule has 9 heteroatoms. The number of nitrogens with one attached hydrogen (secondary N) is 2. The summed E-state index contributed by atoms with van der Waals surface area (Å²) >= 11 is 12.1. The average Bonchev–Trinajstić information content (AvgIpc) is 2.78. The molecular weight excluding hydrogens is 455 g/mol. The van der Waals surface area contributed by atoms with Gasteiger partial charge in [0.1, 0.15) is 5.75 Å². The maximum atomic E-state index is 12.4. The monoisotopic (exact) mass is 478 g/mol. The maximum absolute atomic E-state index is 12.4. The third-order valence-corrected chi connectivity index (χ3v) is 5.86. The zero-order valence-corrected chi connectivity index (χ0v) is 18.8. The SMILES string of the molecule is O=C(NCCNC(=O)c1ccc(OC2CCC(C(=O)O)CC2)c(Cl)c1)c1ccc(Cl)cc1. The van der Waals surface area contributed by atoms with E-state index in [1.165, 1.54) is 6.07 Å². The van der Waals surface area contributed by atoms with E-state index in [4.69, 9.17) is 33.0 Å². The number of aliphatic carboxylic acids is 1. The maximum Gasteiger partial charge on any atom is 0.306 e. The van der Waals surface area contributed by atoms with E-state index in [9.17, 15) is 14.4 Å². The molecule has 0 unspecified atom stereocenters. The van der Waals surface area contributed by atoms with Crippen molar-refractivity contribution in [3.05, 3.63) is 63.6 Å². The fraction of sp³-hybridized carbons (Fsp3) is 0.348. The fourth-order valence-corrected chi connectivity index (χ4v) is 3.85. The molecule has 3 N–H and O–H groups in total. The highest BCUT2D eigenvalue weighted by atomic mass is 35.5. The lowest BCUT2D eigenvalue weighted by molar-refractivity contribution is -0.143. The van der Waals surface area contributed by atoms with Gasteiger partial charge in [-0.3, -0.25) is 14.4 Å². The molecule has 32 heavy (non-hydrogen) atoms. The van der Waals surface area contributed by atoms with Gasteiger partial charge in [-0.05, 0) is 68.1 Å². The van der Waals surface area contributed by atoms with E-state index < -0.39 is 5.97 Å². The molecule has 7 nitrogen and oxygen atoms in total. The molecule has 0 radical (unpaired) electrons. The van der Waals surface area contributed by atoms with Gasteiger partial charge in [-0.15, -0.1) is 0 Å². The second kappa shape index (κ2) is 11.2. The third kappa shape index (κ3) is 6.61. The molecule has 1 aliphatic rings. The molecular formula is C23H24Cl2N2O5. The summed E-state index contributed by atoms with van der Waals surface area (Å²) in [4.78, 5) is 35.5. The number of carbonyl (C=O) groups excluding carboxylic acids is 2. The number of benzene rings is 2. The first-order chi connectivity index (χ1) is 15.3. The lowest BCUT2D eigenvalue weighted by atomic mass is 9.87. The van der Waals surface area contributed by atoms with Crippen LogP contribution in [0.3, 0.4) is 0 Å². The summed E-state index contributed by atoms with van der Waals surface area (Å²) in [6, 6.07) is 11.3. The molecule has 0 aromatic heterocycles. The van der Waals surface area contributed by atoms with Crippen LogP contribution in [0.4, 0.5) is 0 Å². The molecule has 2 amide bonds. The Morgan fingerprint density at radius 1 is 0.875 bits per heavy atom. The molecule has 170 valence electrons. The van der Waals surface area contributed by atoms with Crippen molar-refractivity contribution < 1.29 is 24.2 Å². The molecule has 2 aromatic rings. The quantitative estimate of drug-likeness (QED) is 0.493. The molecule has 0 saturated heterocycles. The predicted molar refractivity (Wildman–Crippen MR) is 122 cm³/mol. The van der Waals surface area contributed by atoms with Crippen LogP contribution in [0.15, 0.2) is 42.5 Å². The number of carbonyl (C=O) groups is 3. The Balaban J connectivity index is 1.44. The van der Waals surface area contributed by atoms with Gasteiger partial charge < -0.3 is 20.5 Å². The second-order valence-corrected chi connectivity index (χ2v) is 8.44. The predicted octanol–water partition coefficient (Wildman–Crippen LogP) is 4.18. The molecule has 0 aliphatic heterocycles. The summed E-state index contributed by atoms with van der Waals surface area (Å²) in [5.41, 5.74) is 0.862. The van der Waals surface area contributed by atoms with Gasteiger partial charge in [-0.1, -0.05) is 23.2 Å². The molecule has 1 aliphatic carbocycles. The van der Waals surface area contributed by atoms with E-state index >= 15 is 0 Å². The van der Waals surface area contributed by atoms with Crippen molar-refractivity contribution in [2.45, 2.75) is 31.8 Å². The fourth-order valence-electron chi connectivity index (χ4n) is 3.50. The van der Waals surface area contributed by atoms with Gasteiger partial charge in [0, 0.05) is 29.2 Å². The van der Waals surface area contributed by atoms with Gasteiger partial charge in [0.2, 0.25) is 0 Å². The van der Waals surface area contributed by atoms with Gasteiger partial charge in [0.05, 0.1) is 17.0 Å². The minimum absolute atomic E-state index is 0.0907. The number of rotatable bonds is 8. The highest BCUT2D eigenvalue weighted by Crippen LogP contribution is 2.31. The third-order valence-electron chi connectivity index (χ3n) is 5.31. The van der Waals surface area contributed by atoms with Gasteiger partial charge in [0.15, 0.2) is 0 Å². The van der Waals surface area contributed by atoms with Crippen LogP contribution in [-0.2, 0) is 4.79 Å². The summed E-state index contributed by atoms with van der Waals surface area (Å²) in [5, 5.41) is 15.4. The second-order valence-electron chi connectivity index (χ2n) is 7.59. The molecule has 1 fully saturated rings. The molecule has 0 atom stereocenters. The van der Waals surface area contributed by atoms with Gasteiger partial charge in [0.25, 0.3) is 11.8 Å². The smallest absolute Gasteiger partial charge is 0.306 e. The first kappa shape index (κ1) is 23.9. The number of amides is 2. The summed E-state index contributed by atoms with van der Waals surface area (Å²) in [6.07, 6.45) is 2.36. The summed E-state index contributed by atoms with van der Waals surface area (Å²) in [5.74, 6) is -1.18. The van der Waals surface area contributed by atoms with E-state index in [1.54, 1.807) is 36.4 Å². The van der Waals surface area contributed by atoms with E-state index in [0.29, 0.717) is 52.6 Å². The largest absolute Gasteiger partial charge is 0.489 e. The molecule has 1 saturated carbocycles. The first-order valence-electron chi connectivity index (χ1n) is 10.3. The topological polar surface area (TPSA) is 105 Å². The number of carboxylic acid groups (broad SMARTS) is 1. The standard InChI is InChI=1S/C23H24Cl2N2O5/c24-17-6-1-14(2-7-17)21(28)26-11-12-27-22(29)16-5-10-20(19(25)13-16)32-18-8-3-15(4-9-18)23(30)31/h1-2,5-7,10,13,15,18H,3-4,8-9,11-12H2,(H,26,28)(H,27,29)(H,30,31).